The summed E-state index contributed by atoms with van der Waals surface area (Å²) in [5.74, 6) is 0. The maximum absolute atomic E-state index is 3.82. The van der Waals surface area contributed by atoms with Crippen LogP contribution in [0.3, 0.4) is 0 Å². The van der Waals surface area contributed by atoms with Gasteiger partial charge in [-0.2, -0.15) is 0 Å². The van der Waals surface area contributed by atoms with Gasteiger partial charge in [-0.1, -0.05) is 52.9 Å². The van der Waals surface area contributed by atoms with E-state index in [1.165, 1.54) is 45.2 Å². The van der Waals surface area contributed by atoms with Crippen LogP contribution in [0.15, 0.2) is 0 Å². The molecule has 0 radical (unpaired) electrons. The fourth-order valence-electron chi connectivity index (χ4n) is 2.87. The SMILES string of the molecule is CCN[SiH](C1CCCCC1)N(CC)CC. The summed E-state index contributed by atoms with van der Waals surface area (Å²) in [5, 5.41) is 0. The van der Waals surface area contributed by atoms with Crippen molar-refractivity contribution < 1.29 is 0 Å². The average molecular weight is 228 g/mol. The van der Waals surface area contributed by atoms with Crippen molar-refractivity contribution in [3.8, 4) is 0 Å². The van der Waals surface area contributed by atoms with E-state index in [0.29, 0.717) is 0 Å². The summed E-state index contributed by atoms with van der Waals surface area (Å²) < 4.78 is 2.72. The van der Waals surface area contributed by atoms with Gasteiger partial charge in [-0.15, -0.1) is 0 Å². The van der Waals surface area contributed by atoms with Gasteiger partial charge in [0.25, 0.3) is 0 Å². The average Bonchev–Trinajstić information content (AvgIpc) is 2.30. The summed E-state index contributed by atoms with van der Waals surface area (Å²) in [6.07, 6.45) is 7.39. The van der Waals surface area contributed by atoms with Crippen LogP contribution in [0.2, 0.25) is 5.54 Å². The van der Waals surface area contributed by atoms with Crippen molar-refractivity contribution in [1.29, 1.82) is 0 Å². The molecule has 0 heterocycles. The van der Waals surface area contributed by atoms with Gasteiger partial charge in [-0.05, 0) is 25.2 Å². The van der Waals surface area contributed by atoms with Gasteiger partial charge in [0.05, 0.1) is 0 Å². The van der Waals surface area contributed by atoms with Crippen LogP contribution in [0.4, 0.5) is 0 Å². The first-order valence-corrected chi connectivity index (χ1v) is 8.56. The maximum Gasteiger partial charge on any atom is 0.190 e. The normalized spacial score (nSPS) is 20.8. The lowest BCUT2D eigenvalue weighted by atomic mass is 10.0. The number of nitrogens with one attached hydrogen (secondary N) is 1. The van der Waals surface area contributed by atoms with E-state index in [0.717, 1.165) is 12.1 Å². The number of nitrogens with zero attached hydrogens (tertiary/aromatic N) is 1. The molecule has 0 aromatic rings. The van der Waals surface area contributed by atoms with Crippen molar-refractivity contribution in [2.45, 2.75) is 58.4 Å². The van der Waals surface area contributed by atoms with Gasteiger partial charge >= 0.3 is 0 Å². The third-order valence-corrected chi connectivity index (χ3v) is 7.62. The van der Waals surface area contributed by atoms with Gasteiger partial charge in [0.1, 0.15) is 0 Å². The first kappa shape index (κ1) is 13.2. The molecule has 1 fully saturated rings. The van der Waals surface area contributed by atoms with Crippen LogP contribution in [-0.4, -0.2) is 33.3 Å². The Morgan fingerprint density at radius 3 is 2.13 bits per heavy atom. The smallest absolute Gasteiger partial charge is 0.190 e. The van der Waals surface area contributed by atoms with Crippen LogP contribution < -0.4 is 4.98 Å². The van der Waals surface area contributed by atoms with Crippen LogP contribution >= 0.6 is 0 Å². The fraction of sp³-hybridized carbons (Fsp3) is 1.00. The lowest BCUT2D eigenvalue weighted by molar-refractivity contribution is 0.417. The molecule has 1 rings (SSSR count). The Hall–Kier alpha value is 0.137. The molecule has 0 aromatic carbocycles. The second kappa shape index (κ2) is 7.42. The first-order valence-electron chi connectivity index (χ1n) is 6.80. The Labute approximate surface area is 97.2 Å². The number of hydrogen-bond donors (Lipinski definition) is 1. The highest BCUT2D eigenvalue weighted by Crippen LogP contribution is 2.31. The molecular weight excluding hydrogens is 200 g/mol. The summed E-state index contributed by atoms with van der Waals surface area (Å²) in [5.41, 5.74) is 1.03. The largest absolute Gasteiger partial charge is 0.328 e. The van der Waals surface area contributed by atoms with Gasteiger partial charge in [0.2, 0.25) is 0 Å². The van der Waals surface area contributed by atoms with Crippen LogP contribution in [-0.2, 0) is 0 Å². The summed E-state index contributed by atoms with van der Waals surface area (Å²) >= 11 is 0. The first-order chi connectivity index (χ1) is 7.33. The van der Waals surface area contributed by atoms with Crippen molar-refractivity contribution in [3.63, 3.8) is 0 Å². The fourth-order valence-corrected chi connectivity index (χ4v) is 6.37. The van der Waals surface area contributed by atoms with Gasteiger partial charge < -0.3 is 9.55 Å². The molecule has 1 unspecified atom stereocenters. The Bertz CT molecular complexity index is 154. The van der Waals surface area contributed by atoms with Gasteiger partial charge in [-0.3, -0.25) is 0 Å². The molecule has 0 amide bonds. The van der Waals surface area contributed by atoms with Crippen molar-refractivity contribution in [3.05, 3.63) is 0 Å². The highest BCUT2D eigenvalue weighted by atomic mass is 28.3. The van der Waals surface area contributed by atoms with E-state index in [9.17, 15) is 0 Å². The quantitative estimate of drug-likeness (QED) is 0.703. The van der Waals surface area contributed by atoms with E-state index in [-0.39, 0.29) is 0 Å². The molecular formula is C12H28N2Si. The molecule has 1 atom stereocenters. The molecule has 90 valence electrons. The minimum absolute atomic E-state index is 0.847. The van der Waals surface area contributed by atoms with E-state index < -0.39 is 9.12 Å². The summed E-state index contributed by atoms with van der Waals surface area (Å²) in [6, 6.07) is 0. The topological polar surface area (TPSA) is 15.3 Å². The molecule has 1 aliphatic carbocycles. The third kappa shape index (κ3) is 3.89. The second-order valence-electron chi connectivity index (χ2n) is 4.62. The van der Waals surface area contributed by atoms with Crippen molar-refractivity contribution in [2.24, 2.45) is 0 Å². The lowest BCUT2D eigenvalue weighted by Gasteiger charge is -2.36. The van der Waals surface area contributed by atoms with E-state index in [2.05, 4.69) is 30.3 Å². The van der Waals surface area contributed by atoms with Crippen molar-refractivity contribution in [2.75, 3.05) is 19.6 Å². The van der Waals surface area contributed by atoms with Crippen LogP contribution in [0.25, 0.3) is 0 Å². The van der Waals surface area contributed by atoms with Crippen LogP contribution in [0, 0.1) is 0 Å². The monoisotopic (exact) mass is 228 g/mol. The van der Waals surface area contributed by atoms with Gasteiger partial charge in [0.15, 0.2) is 9.12 Å². The zero-order valence-corrected chi connectivity index (χ0v) is 11.9. The molecule has 1 aliphatic rings. The standard InChI is InChI=1S/C12H28N2Si/c1-4-13-15(14(5-2)6-3)12-10-8-7-9-11-12/h12-13,15H,4-11H2,1-3H3. The highest BCUT2D eigenvalue weighted by molar-refractivity contribution is 6.54. The summed E-state index contributed by atoms with van der Waals surface area (Å²) in [4.78, 5) is 3.82. The highest BCUT2D eigenvalue weighted by Gasteiger charge is 2.28. The molecule has 0 aromatic heterocycles. The molecule has 0 bridgehead atoms. The molecule has 2 nitrogen and oxygen atoms in total. The summed E-state index contributed by atoms with van der Waals surface area (Å²) in [6.45, 7) is 10.5. The molecule has 3 heteroatoms. The molecule has 1 saturated carbocycles. The van der Waals surface area contributed by atoms with Crippen LogP contribution in [0.1, 0.15) is 52.9 Å². The zero-order valence-electron chi connectivity index (χ0n) is 10.8. The van der Waals surface area contributed by atoms with E-state index in [1.54, 1.807) is 0 Å². The van der Waals surface area contributed by atoms with Crippen LogP contribution in [0.5, 0.6) is 0 Å². The van der Waals surface area contributed by atoms with Crippen molar-refractivity contribution >= 4 is 9.12 Å². The zero-order chi connectivity index (χ0) is 11.1. The minimum atomic E-state index is -0.847. The minimum Gasteiger partial charge on any atom is -0.328 e. The summed E-state index contributed by atoms with van der Waals surface area (Å²) in [7, 11) is -0.847. The molecule has 0 spiro atoms. The Morgan fingerprint density at radius 2 is 1.67 bits per heavy atom. The molecule has 0 saturated heterocycles. The molecule has 0 aliphatic heterocycles. The third-order valence-electron chi connectivity index (χ3n) is 3.72. The Kier molecular flexibility index (Phi) is 6.53. The number of rotatable bonds is 6. The predicted octanol–water partition coefficient (Wildman–Crippen LogP) is 2.49. The molecule has 15 heavy (non-hydrogen) atoms. The Morgan fingerprint density at radius 1 is 1.07 bits per heavy atom. The maximum atomic E-state index is 3.82. The number of hydrogen-bond acceptors (Lipinski definition) is 2. The molecule has 1 N–H and O–H groups in total. The lowest BCUT2D eigenvalue weighted by Crippen LogP contribution is -2.53. The van der Waals surface area contributed by atoms with Gasteiger partial charge in [-0.25, -0.2) is 0 Å². The van der Waals surface area contributed by atoms with E-state index in [4.69, 9.17) is 0 Å². The van der Waals surface area contributed by atoms with E-state index >= 15 is 0 Å². The van der Waals surface area contributed by atoms with Gasteiger partial charge in [0, 0.05) is 0 Å². The van der Waals surface area contributed by atoms with Crippen molar-refractivity contribution in [1.82, 2.24) is 9.55 Å². The van der Waals surface area contributed by atoms with E-state index in [1.807, 2.05) is 0 Å². The Balaban J connectivity index is 2.53. The second-order valence-corrected chi connectivity index (χ2v) is 7.59. The predicted molar refractivity (Wildman–Crippen MR) is 70.6 cm³/mol.